The average Bonchev–Trinajstić information content (AvgIpc) is 2.70. The van der Waals surface area contributed by atoms with Crippen molar-refractivity contribution in [3.05, 3.63) is 111 Å². The van der Waals surface area contributed by atoms with E-state index in [9.17, 15) is 0 Å². The van der Waals surface area contributed by atoms with E-state index in [0.717, 1.165) is 0 Å². The third-order valence-electron chi connectivity index (χ3n) is 6.01. The Bertz CT molecular complexity index is 1100. The van der Waals surface area contributed by atoms with Crippen LogP contribution in [-0.2, 0) is 5.41 Å². The lowest BCUT2D eigenvalue weighted by molar-refractivity contribution is 0.455. The topological polar surface area (TPSA) is 0 Å². The van der Waals surface area contributed by atoms with Crippen LogP contribution in [0.3, 0.4) is 0 Å². The van der Waals surface area contributed by atoms with Gasteiger partial charge in [0, 0.05) is 8.92 Å². The fourth-order valence-electron chi connectivity index (χ4n) is 4.20. The minimum absolute atomic E-state index is 0.0505. The van der Waals surface area contributed by atoms with E-state index >= 15 is 0 Å². The van der Waals surface area contributed by atoms with Crippen molar-refractivity contribution in [2.45, 2.75) is 26.2 Å². The summed E-state index contributed by atoms with van der Waals surface area (Å²) in [5.74, 6) is 0.489. The molecule has 0 bridgehead atoms. The van der Waals surface area contributed by atoms with Gasteiger partial charge in [0.05, 0.1) is 0 Å². The molecule has 0 N–H and O–H groups in total. The van der Waals surface area contributed by atoms with Crippen LogP contribution in [0.25, 0.3) is 5.57 Å². The molecule has 0 radical (unpaired) electrons. The van der Waals surface area contributed by atoms with Crippen LogP contribution in [0.5, 0.6) is 0 Å². The number of aryl methyl sites for hydroxylation is 1. The van der Waals surface area contributed by atoms with Crippen molar-refractivity contribution in [1.82, 2.24) is 0 Å². The maximum Gasteiger partial charge on any atom is 0.0177 e. The van der Waals surface area contributed by atoms with Crippen LogP contribution in [0.1, 0.15) is 36.1 Å². The molecule has 1 aliphatic carbocycles. The number of halogens is 1. The van der Waals surface area contributed by atoms with Gasteiger partial charge < -0.3 is 0 Å². The predicted molar refractivity (Wildman–Crippen MR) is 135 cm³/mol. The van der Waals surface area contributed by atoms with E-state index in [4.69, 9.17) is 0 Å². The zero-order chi connectivity index (χ0) is 19.7. The first-order valence-corrected chi connectivity index (χ1v) is 13.6. The molecule has 0 saturated carbocycles. The molecular weight excluding hydrogens is 451 g/mol. The van der Waals surface area contributed by atoms with Crippen molar-refractivity contribution in [3.8, 4) is 0 Å². The number of benzene rings is 2. The summed E-state index contributed by atoms with van der Waals surface area (Å²) in [4.78, 5) is 0. The fourth-order valence-corrected chi connectivity index (χ4v) is 7.66. The second-order valence-corrected chi connectivity index (χ2v) is 11.9. The molecule has 2 aromatic rings. The molecule has 1 heterocycles. The molecule has 0 saturated heterocycles. The van der Waals surface area contributed by atoms with Gasteiger partial charge in [-0.05, 0) is 44.8 Å². The van der Waals surface area contributed by atoms with Gasteiger partial charge in [-0.25, -0.2) is 0 Å². The molecule has 28 heavy (non-hydrogen) atoms. The summed E-state index contributed by atoms with van der Waals surface area (Å²) in [6.45, 7) is 6.91. The van der Waals surface area contributed by atoms with Gasteiger partial charge in [-0.2, -0.15) is 0 Å². The van der Waals surface area contributed by atoms with Crippen molar-refractivity contribution in [1.29, 1.82) is 0 Å². The highest BCUT2D eigenvalue weighted by atomic mass is 127. The van der Waals surface area contributed by atoms with E-state index < -0.39 is 18.9 Å². The molecule has 2 aromatic carbocycles. The van der Waals surface area contributed by atoms with E-state index in [1.54, 1.807) is 0 Å². The lowest BCUT2D eigenvalue weighted by Crippen LogP contribution is -2.29. The quantitative estimate of drug-likeness (QED) is 0.414. The van der Waals surface area contributed by atoms with Crippen molar-refractivity contribution in [3.63, 3.8) is 0 Å². The van der Waals surface area contributed by atoms with Crippen LogP contribution in [0.2, 0.25) is 0 Å². The highest BCUT2D eigenvalue weighted by Gasteiger charge is 2.31. The van der Waals surface area contributed by atoms with E-state index in [1.165, 1.54) is 31.3 Å². The van der Waals surface area contributed by atoms with Crippen LogP contribution in [-0.4, -0.2) is 8.02 Å². The monoisotopic (exact) mass is 478 g/mol. The van der Waals surface area contributed by atoms with E-state index in [0.29, 0.717) is 5.92 Å². The van der Waals surface area contributed by atoms with Crippen LogP contribution in [0.15, 0.2) is 89.1 Å². The average molecular weight is 478 g/mol. The Hall–Kier alpha value is -2.13. The van der Waals surface area contributed by atoms with Crippen LogP contribution in [0.4, 0.5) is 0 Å². The summed E-state index contributed by atoms with van der Waals surface area (Å²) in [5.41, 5.74) is 6.81. The summed E-state index contributed by atoms with van der Waals surface area (Å²) >= 11 is -1.54. The second kappa shape index (κ2) is 7.71. The zero-order valence-corrected chi connectivity index (χ0v) is 19.0. The van der Waals surface area contributed by atoms with Crippen LogP contribution < -0.4 is 0 Å². The van der Waals surface area contributed by atoms with Crippen molar-refractivity contribution in [2.75, 3.05) is 0 Å². The maximum atomic E-state index is 4.54. The Kier molecular flexibility index (Phi) is 5.29. The van der Waals surface area contributed by atoms with Gasteiger partial charge >= 0.3 is 0 Å². The molecule has 0 nitrogen and oxygen atoms in total. The van der Waals surface area contributed by atoms with Gasteiger partial charge in [-0.15, -0.1) is 18.9 Å². The predicted octanol–water partition coefficient (Wildman–Crippen LogP) is 7.08. The molecule has 142 valence electrons. The summed E-state index contributed by atoms with van der Waals surface area (Å²) in [6.07, 6.45) is 13.5. The van der Waals surface area contributed by atoms with Crippen LogP contribution >= 0.6 is 18.9 Å². The fraction of sp³-hybridized carbons (Fsp3) is 0.185. The van der Waals surface area contributed by atoms with Gasteiger partial charge in [0.25, 0.3) is 0 Å². The highest BCUT2D eigenvalue weighted by molar-refractivity contribution is 14.2. The molecular formula is C27H27I. The molecule has 4 rings (SSSR count). The van der Waals surface area contributed by atoms with Crippen molar-refractivity contribution in [2.24, 2.45) is 5.92 Å². The lowest BCUT2D eigenvalue weighted by atomic mass is 9.69. The van der Waals surface area contributed by atoms with E-state index in [1.807, 2.05) is 0 Å². The summed E-state index contributed by atoms with van der Waals surface area (Å²) < 4.78 is 8.33. The third-order valence-corrected chi connectivity index (χ3v) is 9.88. The largest absolute Gasteiger partial charge is 0.123 e. The molecule has 0 aromatic heterocycles. The molecule has 1 heteroatoms. The summed E-state index contributed by atoms with van der Waals surface area (Å²) in [5, 5.41) is 0. The van der Waals surface area contributed by atoms with E-state index in [2.05, 4.69) is 114 Å². The molecule has 0 spiro atoms. The molecule has 0 amide bonds. The van der Waals surface area contributed by atoms with Crippen molar-refractivity contribution < 1.29 is 0 Å². The number of allylic oxidation sites excluding steroid dienone is 7. The third kappa shape index (κ3) is 3.37. The molecule has 2 aliphatic rings. The Morgan fingerprint density at radius 2 is 1.75 bits per heavy atom. The summed E-state index contributed by atoms with van der Waals surface area (Å²) in [6, 6.07) is 17.8. The van der Waals surface area contributed by atoms with Gasteiger partial charge in [0.1, 0.15) is 0 Å². The molecule has 2 atom stereocenters. The summed E-state index contributed by atoms with van der Waals surface area (Å²) in [7, 11) is 0. The lowest BCUT2D eigenvalue weighted by Gasteiger charge is -2.35. The van der Waals surface area contributed by atoms with Crippen LogP contribution in [0, 0.1) is 12.8 Å². The highest BCUT2D eigenvalue weighted by Crippen LogP contribution is 2.40. The first kappa shape index (κ1) is 19.2. The smallest absolute Gasteiger partial charge is 0.0177 e. The standard InChI is InChI=1S/C27H27I/c1-20-19-23(15-16-25(20)27(3)17-9-8-11-21(27)2)24-14-10-18-28(4)26(24)22-12-6-5-7-13-22/h5-19,21H,4H2,1-3H3. The Morgan fingerprint density at radius 1 is 0.964 bits per heavy atom. The normalized spacial score (nSPS) is 24.5. The van der Waals surface area contributed by atoms with Gasteiger partial charge in [-0.3, -0.25) is 0 Å². The van der Waals surface area contributed by atoms with Gasteiger partial charge in [0.2, 0.25) is 0 Å². The Balaban J connectivity index is 1.79. The van der Waals surface area contributed by atoms with Gasteiger partial charge in [-0.1, -0.05) is 103 Å². The zero-order valence-electron chi connectivity index (χ0n) is 16.8. The Morgan fingerprint density at radius 3 is 2.46 bits per heavy atom. The first-order valence-electron chi connectivity index (χ1n) is 9.77. The molecule has 1 aliphatic heterocycles. The van der Waals surface area contributed by atoms with E-state index in [-0.39, 0.29) is 5.41 Å². The second-order valence-electron chi connectivity index (χ2n) is 7.82. The minimum atomic E-state index is -1.54. The number of hydrogen-bond donors (Lipinski definition) is 0. The number of hydrogen-bond acceptors (Lipinski definition) is 0. The maximum absolute atomic E-state index is 4.54. The first-order chi connectivity index (χ1) is 13.5. The van der Waals surface area contributed by atoms with Gasteiger partial charge in [0.15, 0.2) is 0 Å². The minimum Gasteiger partial charge on any atom is -0.123 e. The number of rotatable bonds is 3. The molecule has 0 fully saturated rings. The van der Waals surface area contributed by atoms with Crippen molar-refractivity contribution >= 4 is 32.5 Å². The Labute approximate surface area is 175 Å². The SMILES string of the molecule is C=I1=C(c2ccccc2)C(c2ccc(C3(C)C=CC=CC3C)c(C)c2)=CC=C1. The molecule has 2 unspecified atom stereocenters.